The van der Waals surface area contributed by atoms with Gasteiger partial charge in [-0.25, -0.2) is 4.98 Å². The number of carboxylic acid groups (broad SMARTS) is 1. The number of aryl methyl sites for hydroxylation is 2. The second-order valence-corrected chi connectivity index (χ2v) is 3.48. The average Bonchev–Trinajstić information content (AvgIpc) is 2.31. The third-order valence-corrected chi connectivity index (χ3v) is 2.42. The molecule has 1 rings (SSSR count). The fourth-order valence-corrected chi connectivity index (χ4v) is 1.54. The summed E-state index contributed by atoms with van der Waals surface area (Å²) in [5, 5.41) is 8.51. The molecule has 0 unspecified atom stereocenters. The van der Waals surface area contributed by atoms with Gasteiger partial charge in [0.1, 0.15) is 5.82 Å². The first-order chi connectivity index (χ1) is 6.52. The summed E-state index contributed by atoms with van der Waals surface area (Å²) in [7, 11) is 0. The molecule has 0 atom stereocenters. The van der Waals surface area contributed by atoms with Gasteiger partial charge in [0.15, 0.2) is 0 Å². The summed E-state index contributed by atoms with van der Waals surface area (Å²) >= 11 is 0. The van der Waals surface area contributed by atoms with E-state index >= 15 is 0 Å². The number of hydrogen-bond acceptors (Lipinski definition) is 2. The summed E-state index contributed by atoms with van der Waals surface area (Å²) in [5.74, 6) is 0.225. The standard InChI is InChI=1S/C10H16N2O2/c1-7-8(2)12(9(3)11-7)6-4-5-10(13)14/h4-6H2,1-3H3,(H,13,14). The number of rotatable bonds is 4. The largest absolute Gasteiger partial charge is 0.481 e. The Labute approximate surface area is 83.6 Å². The number of nitrogens with zero attached hydrogens (tertiary/aromatic N) is 2. The maximum atomic E-state index is 10.3. The van der Waals surface area contributed by atoms with Crippen molar-refractivity contribution >= 4 is 5.97 Å². The molecule has 1 aromatic heterocycles. The van der Waals surface area contributed by atoms with E-state index in [4.69, 9.17) is 5.11 Å². The minimum atomic E-state index is -0.739. The third-order valence-electron chi connectivity index (χ3n) is 2.42. The van der Waals surface area contributed by atoms with Crippen molar-refractivity contribution in [3.8, 4) is 0 Å². The van der Waals surface area contributed by atoms with E-state index in [0.29, 0.717) is 6.42 Å². The topological polar surface area (TPSA) is 55.1 Å². The molecule has 1 N–H and O–H groups in total. The van der Waals surface area contributed by atoms with E-state index in [1.54, 1.807) is 0 Å². The molecule has 0 aliphatic heterocycles. The van der Waals surface area contributed by atoms with Crippen molar-refractivity contribution in [3.63, 3.8) is 0 Å². The minimum Gasteiger partial charge on any atom is -0.481 e. The number of aromatic nitrogens is 2. The summed E-state index contributed by atoms with van der Waals surface area (Å²) in [6, 6.07) is 0. The lowest BCUT2D eigenvalue weighted by Gasteiger charge is -2.06. The van der Waals surface area contributed by atoms with Crippen LogP contribution in [0.15, 0.2) is 0 Å². The molecule has 0 aliphatic carbocycles. The van der Waals surface area contributed by atoms with Gasteiger partial charge in [-0.05, 0) is 27.2 Å². The van der Waals surface area contributed by atoms with E-state index in [0.717, 1.165) is 23.8 Å². The Morgan fingerprint density at radius 1 is 1.43 bits per heavy atom. The summed E-state index contributed by atoms with van der Waals surface area (Å²) < 4.78 is 2.07. The Hall–Kier alpha value is -1.32. The van der Waals surface area contributed by atoms with Gasteiger partial charge in [0, 0.05) is 18.7 Å². The van der Waals surface area contributed by atoms with E-state index < -0.39 is 5.97 Å². The Morgan fingerprint density at radius 3 is 2.50 bits per heavy atom. The summed E-state index contributed by atoms with van der Waals surface area (Å²) in [4.78, 5) is 14.7. The lowest BCUT2D eigenvalue weighted by Crippen LogP contribution is -2.05. The van der Waals surface area contributed by atoms with E-state index in [-0.39, 0.29) is 6.42 Å². The highest BCUT2D eigenvalue weighted by Crippen LogP contribution is 2.10. The molecule has 4 heteroatoms. The van der Waals surface area contributed by atoms with Crippen LogP contribution in [0.2, 0.25) is 0 Å². The van der Waals surface area contributed by atoms with Crippen molar-refractivity contribution in [2.24, 2.45) is 0 Å². The van der Waals surface area contributed by atoms with Crippen LogP contribution in [-0.2, 0) is 11.3 Å². The van der Waals surface area contributed by atoms with Gasteiger partial charge in [0.05, 0.1) is 5.69 Å². The zero-order valence-electron chi connectivity index (χ0n) is 8.87. The van der Waals surface area contributed by atoms with Gasteiger partial charge >= 0.3 is 5.97 Å². The Kier molecular flexibility index (Phi) is 3.28. The summed E-state index contributed by atoms with van der Waals surface area (Å²) in [6.45, 7) is 6.66. The van der Waals surface area contributed by atoms with Gasteiger partial charge in [0.25, 0.3) is 0 Å². The predicted octanol–water partition coefficient (Wildman–Crippen LogP) is 1.67. The van der Waals surface area contributed by atoms with Gasteiger partial charge in [-0.15, -0.1) is 0 Å². The highest BCUT2D eigenvalue weighted by atomic mass is 16.4. The van der Waals surface area contributed by atoms with Crippen LogP contribution in [0.1, 0.15) is 30.1 Å². The predicted molar refractivity (Wildman–Crippen MR) is 53.3 cm³/mol. The van der Waals surface area contributed by atoms with Crippen LogP contribution in [0.3, 0.4) is 0 Å². The van der Waals surface area contributed by atoms with Crippen LogP contribution in [0.4, 0.5) is 0 Å². The van der Waals surface area contributed by atoms with Crippen LogP contribution in [0.5, 0.6) is 0 Å². The molecule has 1 heterocycles. The highest BCUT2D eigenvalue weighted by molar-refractivity contribution is 5.66. The molecule has 0 saturated heterocycles. The molecule has 0 bridgehead atoms. The molecule has 0 radical (unpaired) electrons. The van der Waals surface area contributed by atoms with E-state index in [1.165, 1.54) is 0 Å². The molecular formula is C10H16N2O2. The van der Waals surface area contributed by atoms with Gasteiger partial charge < -0.3 is 9.67 Å². The molecular weight excluding hydrogens is 180 g/mol. The first-order valence-corrected chi connectivity index (χ1v) is 4.74. The first-order valence-electron chi connectivity index (χ1n) is 4.74. The van der Waals surface area contributed by atoms with Crippen molar-refractivity contribution in [1.29, 1.82) is 0 Å². The van der Waals surface area contributed by atoms with Crippen LogP contribution < -0.4 is 0 Å². The maximum Gasteiger partial charge on any atom is 0.303 e. The van der Waals surface area contributed by atoms with Crippen LogP contribution in [0, 0.1) is 20.8 Å². The molecule has 0 fully saturated rings. The number of imidazole rings is 1. The van der Waals surface area contributed by atoms with E-state index in [2.05, 4.69) is 9.55 Å². The summed E-state index contributed by atoms with van der Waals surface area (Å²) in [5.41, 5.74) is 2.16. The molecule has 0 spiro atoms. The molecule has 1 aromatic rings. The normalized spacial score (nSPS) is 10.5. The molecule has 14 heavy (non-hydrogen) atoms. The second-order valence-electron chi connectivity index (χ2n) is 3.48. The van der Waals surface area contributed by atoms with Crippen molar-refractivity contribution in [2.45, 2.75) is 40.2 Å². The van der Waals surface area contributed by atoms with Crippen LogP contribution in [-0.4, -0.2) is 20.6 Å². The molecule has 4 nitrogen and oxygen atoms in total. The van der Waals surface area contributed by atoms with Gasteiger partial charge in [0.2, 0.25) is 0 Å². The fourth-order valence-electron chi connectivity index (χ4n) is 1.54. The number of hydrogen-bond donors (Lipinski definition) is 1. The lowest BCUT2D eigenvalue weighted by atomic mass is 10.3. The SMILES string of the molecule is Cc1nc(C)n(CCCC(=O)O)c1C. The number of carboxylic acids is 1. The molecule has 0 aliphatic rings. The van der Waals surface area contributed by atoms with Crippen LogP contribution >= 0.6 is 0 Å². The zero-order chi connectivity index (χ0) is 10.7. The zero-order valence-corrected chi connectivity index (χ0v) is 8.87. The lowest BCUT2D eigenvalue weighted by molar-refractivity contribution is -0.137. The summed E-state index contributed by atoms with van der Waals surface area (Å²) in [6.07, 6.45) is 0.878. The average molecular weight is 196 g/mol. The smallest absolute Gasteiger partial charge is 0.303 e. The Morgan fingerprint density at radius 2 is 2.07 bits per heavy atom. The Balaban J connectivity index is 2.62. The number of carbonyl (C=O) groups is 1. The maximum absolute atomic E-state index is 10.3. The van der Waals surface area contributed by atoms with Crippen molar-refractivity contribution < 1.29 is 9.90 Å². The highest BCUT2D eigenvalue weighted by Gasteiger charge is 2.07. The van der Waals surface area contributed by atoms with E-state index in [1.807, 2.05) is 20.8 Å². The molecule has 0 aromatic carbocycles. The van der Waals surface area contributed by atoms with Crippen LogP contribution in [0.25, 0.3) is 0 Å². The van der Waals surface area contributed by atoms with Crippen molar-refractivity contribution in [1.82, 2.24) is 9.55 Å². The minimum absolute atomic E-state index is 0.218. The Bertz CT molecular complexity index is 342. The van der Waals surface area contributed by atoms with Gasteiger partial charge in [-0.1, -0.05) is 0 Å². The van der Waals surface area contributed by atoms with Gasteiger partial charge in [-0.3, -0.25) is 4.79 Å². The molecule has 0 saturated carbocycles. The molecule has 78 valence electrons. The number of aliphatic carboxylic acids is 1. The third kappa shape index (κ3) is 2.34. The first kappa shape index (κ1) is 10.8. The van der Waals surface area contributed by atoms with E-state index in [9.17, 15) is 4.79 Å². The second kappa shape index (κ2) is 4.26. The molecule has 0 amide bonds. The quantitative estimate of drug-likeness (QED) is 0.797. The van der Waals surface area contributed by atoms with Gasteiger partial charge in [-0.2, -0.15) is 0 Å². The van der Waals surface area contributed by atoms with Crippen molar-refractivity contribution in [3.05, 3.63) is 17.2 Å². The fraction of sp³-hybridized carbons (Fsp3) is 0.600. The van der Waals surface area contributed by atoms with Crippen molar-refractivity contribution in [2.75, 3.05) is 0 Å². The monoisotopic (exact) mass is 196 g/mol.